The molecule has 0 bridgehead atoms. The lowest BCUT2D eigenvalue weighted by atomic mass is 9.84. The first-order chi connectivity index (χ1) is 8.93. The Bertz CT molecular complexity index is 324. The predicted molar refractivity (Wildman–Crippen MR) is 80.3 cm³/mol. The largest absolute Gasteiger partial charge is 0.314 e. The van der Waals surface area contributed by atoms with Gasteiger partial charge in [0, 0.05) is 24.1 Å². The summed E-state index contributed by atoms with van der Waals surface area (Å²) in [6.45, 7) is 2.30. The van der Waals surface area contributed by atoms with Crippen LogP contribution in [-0.4, -0.2) is 18.8 Å². The maximum atomic E-state index is 3.49. The fraction of sp³-hybridized carbons (Fsp3) is 0.625. The molecule has 1 N–H and O–H groups in total. The highest BCUT2D eigenvalue weighted by molar-refractivity contribution is 7.99. The van der Waals surface area contributed by atoms with Gasteiger partial charge in [-0.2, -0.15) is 11.8 Å². The molecule has 98 valence electrons. The average Bonchev–Trinajstić information content (AvgIpc) is 2.49. The summed E-state index contributed by atoms with van der Waals surface area (Å²) in [4.78, 5) is 0. The van der Waals surface area contributed by atoms with Crippen molar-refractivity contribution in [3.63, 3.8) is 0 Å². The van der Waals surface area contributed by atoms with E-state index in [-0.39, 0.29) is 0 Å². The van der Waals surface area contributed by atoms with Crippen LogP contribution in [0.3, 0.4) is 0 Å². The van der Waals surface area contributed by atoms with Gasteiger partial charge in [0.2, 0.25) is 0 Å². The number of hydrogen-bond donors (Lipinski definition) is 1. The van der Waals surface area contributed by atoms with E-state index in [9.17, 15) is 0 Å². The van der Waals surface area contributed by atoms with Crippen molar-refractivity contribution in [3.8, 4) is 0 Å². The van der Waals surface area contributed by atoms with Crippen LogP contribution in [-0.2, 0) is 0 Å². The maximum Gasteiger partial charge on any atom is 0.0422 e. The molecule has 1 saturated carbocycles. The second-order valence-electron chi connectivity index (χ2n) is 5.57. The van der Waals surface area contributed by atoms with Crippen LogP contribution < -0.4 is 5.32 Å². The molecule has 1 aromatic carbocycles. The summed E-state index contributed by atoms with van der Waals surface area (Å²) in [7, 11) is 0. The highest BCUT2D eigenvalue weighted by atomic mass is 32.2. The van der Waals surface area contributed by atoms with Crippen molar-refractivity contribution in [2.24, 2.45) is 0 Å². The molecule has 1 atom stereocenters. The van der Waals surface area contributed by atoms with Crippen LogP contribution in [0.2, 0.25) is 0 Å². The van der Waals surface area contributed by atoms with E-state index in [4.69, 9.17) is 0 Å². The van der Waals surface area contributed by atoms with Gasteiger partial charge in [0.25, 0.3) is 0 Å². The van der Waals surface area contributed by atoms with Crippen molar-refractivity contribution < 1.29 is 0 Å². The van der Waals surface area contributed by atoms with Crippen molar-refractivity contribution in [2.45, 2.75) is 43.3 Å². The first-order valence-corrected chi connectivity index (χ1v) is 8.40. The van der Waals surface area contributed by atoms with Gasteiger partial charge in [-0.1, -0.05) is 43.5 Å². The Morgan fingerprint density at radius 1 is 0.944 bits per heavy atom. The van der Waals surface area contributed by atoms with E-state index in [1.165, 1.54) is 50.0 Å². The number of thioether (sulfide) groups is 1. The summed E-state index contributed by atoms with van der Waals surface area (Å²) in [5.74, 6) is 2.08. The number of nitrogens with one attached hydrogen (secondary N) is 1. The molecular weight excluding hydrogens is 238 g/mol. The molecule has 2 heteroatoms. The Labute approximate surface area is 115 Å². The number of rotatable bonds is 2. The molecule has 1 nitrogen and oxygen atoms in total. The highest BCUT2D eigenvalue weighted by Crippen LogP contribution is 2.35. The fourth-order valence-electron chi connectivity index (χ4n) is 3.20. The van der Waals surface area contributed by atoms with Crippen LogP contribution in [0.15, 0.2) is 24.3 Å². The molecule has 1 aromatic rings. The molecule has 3 rings (SSSR count). The lowest BCUT2D eigenvalue weighted by Crippen LogP contribution is -2.28. The minimum Gasteiger partial charge on any atom is -0.314 e. The van der Waals surface area contributed by atoms with Crippen LogP contribution in [0.25, 0.3) is 0 Å². The van der Waals surface area contributed by atoms with E-state index in [0.29, 0.717) is 5.25 Å². The molecule has 1 saturated heterocycles. The van der Waals surface area contributed by atoms with Crippen LogP contribution in [0.5, 0.6) is 0 Å². The molecule has 2 fully saturated rings. The lowest BCUT2D eigenvalue weighted by Gasteiger charge is -2.25. The molecule has 0 spiro atoms. The minimum absolute atomic E-state index is 0.666. The van der Waals surface area contributed by atoms with Gasteiger partial charge in [-0.15, -0.1) is 0 Å². The van der Waals surface area contributed by atoms with Crippen molar-refractivity contribution in [1.82, 2.24) is 5.32 Å². The molecule has 1 heterocycles. The molecular formula is C16H23NS. The third-order valence-electron chi connectivity index (χ3n) is 4.31. The first-order valence-electron chi connectivity index (χ1n) is 7.35. The molecule has 1 unspecified atom stereocenters. The van der Waals surface area contributed by atoms with Gasteiger partial charge in [0.1, 0.15) is 0 Å². The predicted octanol–water partition coefficient (Wildman–Crippen LogP) is 4.11. The third-order valence-corrected chi connectivity index (χ3v) is 5.59. The Hall–Kier alpha value is -0.470. The van der Waals surface area contributed by atoms with Crippen LogP contribution >= 0.6 is 11.8 Å². The van der Waals surface area contributed by atoms with Gasteiger partial charge in [-0.05, 0) is 29.9 Å². The van der Waals surface area contributed by atoms with Crippen molar-refractivity contribution in [3.05, 3.63) is 35.4 Å². The smallest absolute Gasteiger partial charge is 0.0422 e. The molecule has 1 aliphatic carbocycles. The summed E-state index contributed by atoms with van der Waals surface area (Å²) < 4.78 is 0. The SMILES string of the molecule is c1cc(C2CNCCS2)ccc1C1CCCCC1. The first kappa shape index (κ1) is 12.6. The lowest BCUT2D eigenvalue weighted by molar-refractivity contribution is 0.443. The van der Waals surface area contributed by atoms with E-state index in [2.05, 4.69) is 41.3 Å². The van der Waals surface area contributed by atoms with Gasteiger partial charge in [-0.25, -0.2) is 0 Å². The second-order valence-corrected chi connectivity index (χ2v) is 6.88. The van der Waals surface area contributed by atoms with Gasteiger partial charge >= 0.3 is 0 Å². The Balaban J connectivity index is 1.67. The van der Waals surface area contributed by atoms with Crippen LogP contribution in [0, 0.1) is 0 Å². The zero-order valence-corrected chi connectivity index (χ0v) is 11.8. The standard InChI is InChI=1S/C16H23NS/c1-2-4-13(5-3-1)14-6-8-15(9-7-14)16-12-17-10-11-18-16/h6-9,13,16-17H,1-5,10-12H2. The quantitative estimate of drug-likeness (QED) is 0.860. The van der Waals surface area contributed by atoms with E-state index < -0.39 is 0 Å². The summed E-state index contributed by atoms with van der Waals surface area (Å²) in [6, 6.07) is 9.52. The molecule has 2 aliphatic rings. The average molecular weight is 261 g/mol. The van der Waals surface area contributed by atoms with E-state index in [1.54, 1.807) is 5.56 Å². The number of hydrogen-bond acceptors (Lipinski definition) is 2. The topological polar surface area (TPSA) is 12.0 Å². The summed E-state index contributed by atoms with van der Waals surface area (Å²) >= 11 is 2.10. The van der Waals surface area contributed by atoms with Crippen molar-refractivity contribution in [2.75, 3.05) is 18.8 Å². The Morgan fingerprint density at radius 2 is 1.67 bits per heavy atom. The van der Waals surface area contributed by atoms with E-state index in [1.807, 2.05) is 0 Å². The van der Waals surface area contributed by atoms with Crippen LogP contribution in [0.1, 0.15) is 54.4 Å². The molecule has 18 heavy (non-hydrogen) atoms. The van der Waals surface area contributed by atoms with Crippen molar-refractivity contribution >= 4 is 11.8 Å². The van der Waals surface area contributed by atoms with E-state index in [0.717, 1.165) is 12.5 Å². The monoisotopic (exact) mass is 261 g/mol. The molecule has 1 aliphatic heterocycles. The Kier molecular flexibility index (Phi) is 4.27. The van der Waals surface area contributed by atoms with Gasteiger partial charge in [0.05, 0.1) is 0 Å². The van der Waals surface area contributed by atoms with Crippen LogP contribution in [0.4, 0.5) is 0 Å². The van der Waals surface area contributed by atoms with E-state index >= 15 is 0 Å². The summed E-state index contributed by atoms with van der Waals surface area (Å²) in [6.07, 6.45) is 7.10. The zero-order valence-electron chi connectivity index (χ0n) is 11.0. The maximum absolute atomic E-state index is 3.49. The molecule has 0 aromatic heterocycles. The van der Waals surface area contributed by atoms with Gasteiger partial charge in [-0.3, -0.25) is 0 Å². The Morgan fingerprint density at radius 3 is 2.33 bits per heavy atom. The second kappa shape index (κ2) is 6.12. The molecule has 0 amide bonds. The van der Waals surface area contributed by atoms with Gasteiger partial charge < -0.3 is 5.32 Å². The van der Waals surface area contributed by atoms with Crippen molar-refractivity contribution in [1.29, 1.82) is 0 Å². The normalized spacial score (nSPS) is 26.1. The fourth-order valence-corrected chi connectivity index (χ4v) is 4.33. The summed E-state index contributed by atoms with van der Waals surface area (Å²) in [5.41, 5.74) is 3.08. The zero-order chi connectivity index (χ0) is 12.2. The highest BCUT2D eigenvalue weighted by Gasteiger charge is 2.18. The third kappa shape index (κ3) is 2.92. The summed E-state index contributed by atoms with van der Waals surface area (Å²) in [5, 5.41) is 4.16. The minimum atomic E-state index is 0.666. The van der Waals surface area contributed by atoms with Gasteiger partial charge in [0.15, 0.2) is 0 Å². The number of benzene rings is 1. The molecule has 0 radical (unpaired) electrons.